The lowest BCUT2D eigenvalue weighted by Crippen LogP contribution is -2.31. The third-order valence-electron chi connectivity index (χ3n) is 6.84. The van der Waals surface area contributed by atoms with Gasteiger partial charge in [0.2, 0.25) is 0 Å². The molecule has 0 aliphatic carbocycles. The molecule has 2 heterocycles. The summed E-state index contributed by atoms with van der Waals surface area (Å²) in [6.45, 7) is 2.25. The Labute approximate surface area is 214 Å². The second-order valence-electron chi connectivity index (χ2n) is 9.30. The number of ether oxygens (including phenoxy) is 2. The second kappa shape index (κ2) is 9.93. The topological polar surface area (TPSA) is 93.1 Å². The summed E-state index contributed by atoms with van der Waals surface area (Å²) in [5, 5.41) is 11.4. The number of ketones is 1. The molecule has 188 valence electrons. The number of hydrogen-bond donors (Lipinski definition) is 1. The summed E-state index contributed by atoms with van der Waals surface area (Å²) < 4.78 is 10.6. The van der Waals surface area contributed by atoms with Gasteiger partial charge in [0.1, 0.15) is 17.6 Å². The SMILES string of the molecule is COC(=O)c1ccc([C@@H]2C(=C(O)c3ccc4c(c3)C[C@@H](C)O4)C(=O)C(=O)N2CCc2ccccc2)cc1. The van der Waals surface area contributed by atoms with Crippen molar-refractivity contribution in [1.29, 1.82) is 0 Å². The van der Waals surface area contributed by atoms with Crippen molar-refractivity contribution < 1.29 is 29.0 Å². The minimum absolute atomic E-state index is 0.0239. The van der Waals surface area contributed by atoms with E-state index in [0.717, 1.165) is 16.9 Å². The van der Waals surface area contributed by atoms with Gasteiger partial charge in [-0.05, 0) is 60.4 Å². The number of carbonyl (C=O) groups is 3. The number of likely N-dealkylation sites (tertiary alicyclic amines) is 1. The van der Waals surface area contributed by atoms with Crippen molar-refractivity contribution in [3.63, 3.8) is 0 Å². The molecule has 0 spiro atoms. The summed E-state index contributed by atoms with van der Waals surface area (Å²) >= 11 is 0. The van der Waals surface area contributed by atoms with Crippen LogP contribution < -0.4 is 4.74 Å². The number of nitrogens with zero attached hydrogens (tertiary/aromatic N) is 1. The van der Waals surface area contributed by atoms with Crippen molar-refractivity contribution in [2.24, 2.45) is 0 Å². The Bertz CT molecular complexity index is 1390. The lowest BCUT2D eigenvalue weighted by Gasteiger charge is -2.25. The molecule has 0 unspecified atom stereocenters. The maximum atomic E-state index is 13.3. The summed E-state index contributed by atoms with van der Waals surface area (Å²) in [4.78, 5) is 40.0. The van der Waals surface area contributed by atoms with Gasteiger partial charge in [0, 0.05) is 18.5 Å². The van der Waals surface area contributed by atoms with Crippen LogP contribution in [-0.4, -0.2) is 47.4 Å². The van der Waals surface area contributed by atoms with E-state index in [9.17, 15) is 19.5 Å². The smallest absolute Gasteiger partial charge is 0.337 e. The van der Waals surface area contributed by atoms with Gasteiger partial charge in [0.05, 0.1) is 24.3 Å². The van der Waals surface area contributed by atoms with Crippen molar-refractivity contribution in [2.75, 3.05) is 13.7 Å². The van der Waals surface area contributed by atoms with Crippen LogP contribution in [0.1, 0.15) is 45.6 Å². The molecule has 7 nitrogen and oxygen atoms in total. The van der Waals surface area contributed by atoms with Crippen molar-refractivity contribution >= 4 is 23.4 Å². The summed E-state index contributed by atoms with van der Waals surface area (Å²) in [7, 11) is 1.30. The first-order chi connectivity index (χ1) is 17.9. The number of aliphatic hydroxyl groups is 1. The zero-order chi connectivity index (χ0) is 26.1. The van der Waals surface area contributed by atoms with Crippen molar-refractivity contribution in [3.8, 4) is 5.75 Å². The molecule has 1 fully saturated rings. The molecule has 2 atom stereocenters. The molecule has 1 N–H and O–H groups in total. The van der Waals surface area contributed by atoms with E-state index in [2.05, 4.69) is 0 Å². The molecule has 1 amide bonds. The molecule has 0 radical (unpaired) electrons. The van der Waals surface area contributed by atoms with Gasteiger partial charge >= 0.3 is 5.97 Å². The molecule has 2 aliphatic rings. The predicted octanol–water partition coefficient (Wildman–Crippen LogP) is 4.46. The van der Waals surface area contributed by atoms with Crippen LogP contribution in [0.5, 0.6) is 5.75 Å². The average Bonchev–Trinajstić information content (AvgIpc) is 3.42. The van der Waals surface area contributed by atoms with E-state index in [-0.39, 0.29) is 24.0 Å². The van der Waals surface area contributed by atoms with Gasteiger partial charge in [-0.2, -0.15) is 0 Å². The van der Waals surface area contributed by atoms with Crippen LogP contribution in [0.15, 0.2) is 78.4 Å². The molecule has 37 heavy (non-hydrogen) atoms. The maximum Gasteiger partial charge on any atom is 0.337 e. The lowest BCUT2D eigenvalue weighted by atomic mass is 9.93. The highest BCUT2D eigenvalue weighted by Crippen LogP contribution is 2.40. The molecule has 2 aliphatic heterocycles. The number of fused-ring (bicyclic) bond motifs is 1. The number of carbonyl (C=O) groups excluding carboxylic acids is 3. The van der Waals surface area contributed by atoms with Gasteiger partial charge in [0.25, 0.3) is 11.7 Å². The Hall–Kier alpha value is -4.39. The minimum Gasteiger partial charge on any atom is -0.507 e. The van der Waals surface area contributed by atoms with E-state index < -0.39 is 23.7 Å². The third-order valence-corrected chi connectivity index (χ3v) is 6.84. The highest BCUT2D eigenvalue weighted by atomic mass is 16.5. The maximum absolute atomic E-state index is 13.3. The predicted molar refractivity (Wildman–Crippen MR) is 137 cm³/mol. The number of hydrogen-bond acceptors (Lipinski definition) is 6. The van der Waals surface area contributed by atoms with Gasteiger partial charge < -0.3 is 19.5 Å². The van der Waals surface area contributed by atoms with Crippen LogP contribution in [-0.2, 0) is 27.2 Å². The largest absolute Gasteiger partial charge is 0.507 e. The Morgan fingerprint density at radius 2 is 1.73 bits per heavy atom. The van der Waals surface area contributed by atoms with Crippen LogP contribution in [0.3, 0.4) is 0 Å². The molecule has 7 heteroatoms. The Morgan fingerprint density at radius 3 is 2.43 bits per heavy atom. The summed E-state index contributed by atoms with van der Waals surface area (Å²) in [6, 6.07) is 20.7. The fraction of sp³-hybridized carbons (Fsp3) is 0.233. The third kappa shape index (κ3) is 4.60. The number of esters is 1. The van der Waals surface area contributed by atoms with Gasteiger partial charge in [-0.1, -0.05) is 42.5 Å². The van der Waals surface area contributed by atoms with Crippen LogP contribution in [0.4, 0.5) is 0 Å². The zero-order valence-corrected chi connectivity index (χ0v) is 20.6. The first-order valence-electron chi connectivity index (χ1n) is 12.2. The van der Waals surface area contributed by atoms with Gasteiger partial charge in [-0.3, -0.25) is 9.59 Å². The summed E-state index contributed by atoms with van der Waals surface area (Å²) in [5.74, 6) is -1.37. The van der Waals surface area contributed by atoms with Crippen LogP contribution in [0, 0.1) is 0 Å². The van der Waals surface area contributed by atoms with Crippen molar-refractivity contribution in [1.82, 2.24) is 4.90 Å². The van der Waals surface area contributed by atoms with Crippen LogP contribution >= 0.6 is 0 Å². The van der Waals surface area contributed by atoms with Gasteiger partial charge in [0.15, 0.2) is 0 Å². The Balaban J connectivity index is 1.57. The highest BCUT2D eigenvalue weighted by molar-refractivity contribution is 6.46. The number of Topliss-reactive ketones (excluding diaryl/α,β-unsaturated/α-hetero) is 1. The van der Waals surface area contributed by atoms with E-state index in [1.807, 2.05) is 43.3 Å². The first-order valence-corrected chi connectivity index (χ1v) is 12.2. The number of rotatable bonds is 6. The zero-order valence-electron chi connectivity index (χ0n) is 20.6. The number of aliphatic hydroxyl groups excluding tert-OH is 1. The minimum atomic E-state index is -0.807. The fourth-order valence-corrected chi connectivity index (χ4v) is 5.00. The molecule has 0 aromatic heterocycles. The molecule has 5 rings (SSSR count). The van der Waals surface area contributed by atoms with E-state index in [0.29, 0.717) is 29.5 Å². The number of benzene rings is 3. The fourth-order valence-electron chi connectivity index (χ4n) is 5.00. The average molecular weight is 498 g/mol. The Morgan fingerprint density at radius 1 is 1.03 bits per heavy atom. The van der Waals surface area contributed by atoms with Crippen molar-refractivity contribution in [3.05, 3.63) is 106 Å². The van der Waals surface area contributed by atoms with Gasteiger partial charge in [-0.15, -0.1) is 0 Å². The molecule has 3 aromatic rings. The number of amides is 1. The molecule has 1 saturated heterocycles. The molecular weight excluding hydrogens is 470 g/mol. The van der Waals surface area contributed by atoms with E-state index in [1.165, 1.54) is 12.0 Å². The molecule has 3 aromatic carbocycles. The monoisotopic (exact) mass is 497 g/mol. The Kier molecular flexibility index (Phi) is 6.53. The number of methoxy groups -OCH3 is 1. The standard InChI is InChI=1S/C30H27NO6/c1-18-16-23-17-22(12-13-24(23)37-18)27(32)25-26(20-8-10-21(11-9-20)30(35)36-2)31(29(34)28(25)33)15-14-19-6-4-3-5-7-19/h3-13,17-18,26,32H,14-16H2,1-2H3/t18-,26-/m1/s1. The van der Waals surface area contributed by atoms with Crippen LogP contribution in [0.25, 0.3) is 5.76 Å². The lowest BCUT2D eigenvalue weighted by molar-refractivity contribution is -0.139. The van der Waals surface area contributed by atoms with Gasteiger partial charge in [-0.25, -0.2) is 4.79 Å². The van der Waals surface area contributed by atoms with Crippen molar-refractivity contribution in [2.45, 2.75) is 31.9 Å². The van der Waals surface area contributed by atoms with Crippen LogP contribution in [0.2, 0.25) is 0 Å². The quantitative estimate of drug-likeness (QED) is 0.234. The highest BCUT2D eigenvalue weighted by Gasteiger charge is 2.46. The normalized spacial score (nSPS) is 20.0. The van der Waals surface area contributed by atoms with E-state index in [1.54, 1.807) is 36.4 Å². The summed E-state index contributed by atoms with van der Waals surface area (Å²) in [5.41, 5.74) is 3.40. The summed E-state index contributed by atoms with van der Waals surface area (Å²) in [6.07, 6.45) is 1.27. The van der Waals surface area contributed by atoms with E-state index in [4.69, 9.17) is 9.47 Å². The van der Waals surface area contributed by atoms with E-state index >= 15 is 0 Å². The second-order valence-corrected chi connectivity index (χ2v) is 9.30. The molecule has 0 bridgehead atoms. The first kappa shape index (κ1) is 24.3. The molecule has 0 saturated carbocycles. The molecular formula is C30H27NO6.